The predicted octanol–water partition coefficient (Wildman–Crippen LogP) is 5.25. The number of aromatic nitrogens is 2. The van der Waals surface area contributed by atoms with Crippen molar-refractivity contribution in [2.75, 3.05) is 10.6 Å². The van der Waals surface area contributed by atoms with Crippen LogP contribution in [-0.4, -0.2) is 15.1 Å². The smallest absolute Gasteiger partial charge is 0.229 e. The Morgan fingerprint density at radius 3 is 2.44 bits per heavy atom. The number of nitrogens with one attached hydrogen (secondary N) is 2. The van der Waals surface area contributed by atoms with E-state index in [1.54, 1.807) is 18.2 Å². The Bertz CT molecular complexity index is 1070. The molecule has 0 aliphatic rings. The minimum atomic E-state index is 0.0955. The van der Waals surface area contributed by atoms with Gasteiger partial charge in [-0.25, -0.2) is 4.98 Å². The summed E-state index contributed by atoms with van der Waals surface area (Å²) in [7, 11) is 0. The number of rotatable bonds is 5. The van der Waals surface area contributed by atoms with Crippen molar-refractivity contribution in [1.82, 2.24) is 9.97 Å². The van der Waals surface area contributed by atoms with Crippen LogP contribution in [0.2, 0.25) is 0 Å². The summed E-state index contributed by atoms with van der Waals surface area (Å²) in [5.41, 5.74) is 2.76. The molecule has 0 aliphatic heterocycles. The molecular formula is C22H20N4O. The van der Waals surface area contributed by atoms with Gasteiger partial charge in [-0.1, -0.05) is 48.5 Å². The van der Waals surface area contributed by atoms with E-state index in [2.05, 4.69) is 39.7 Å². The van der Waals surface area contributed by atoms with Crippen molar-refractivity contribution in [3.63, 3.8) is 0 Å². The maximum absolute atomic E-state index is 9.67. The van der Waals surface area contributed by atoms with E-state index in [4.69, 9.17) is 0 Å². The highest BCUT2D eigenvalue weighted by molar-refractivity contribution is 5.90. The fraction of sp³-hybridized carbons (Fsp3) is 0.0909. The van der Waals surface area contributed by atoms with Gasteiger partial charge in [-0.3, -0.25) is 0 Å². The lowest BCUT2D eigenvalue weighted by Gasteiger charge is -2.17. The molecule has 5 heteroatoms. The number of nitrogens with zero attached hydrogens (tertiary/aromatic N) is 2. The first-order valence-electron chi connectivity index (χ1n) is 8.83. The summed E-state index contributed by atoms with van der Waals surface area (Å²) in [6.45, 7) is 2.11. The summed E-state index contributed by atoms with van der Waals surface area (Å²) in [5.74, 6) is 1.43. The third kappa shape index (κ3) is 3.82. The van der Waals surface area contributed by atoms with Crippen LogP contribution in [0, 0.1) is 0 Å². The van der Waals surface area contributed by atoms with E-state index in [1.165, 1.54) is 5.56 Å². The summed E-state index contributed by atoms with van der Waals surface area (Å²) in [6, 6.07) is 25.1. The molecular weight excluding hydrogens is 336 g/mol. The molecule has 0 fully saturated rings. The minimum Gasteiger partial charge on any atom is -0.508 e. The van der Waals surface area contributed by atoms with Crippen LogP contribution in [0.25, 0.3) is 10.9 Å². The minimum absolute atomic E-state index is 0.0955. The van der Waals surface area contributed by atoms with Crippen LogP contribution in [0.5, 0.6) is 5.75 Å². The monoisotopic (exact) mass is 356 g/mol. The number of anilines is 3. The van der Waals surface area contributed by atoms with Gasteiger partial charge in [-0.15, -0.1) is 0 Å². The summed E-state index contributed by atoms with van der Waals surface area (Å²) in [5, 5.41) is 17.3. The van der Waals surface area contributed by atoms with Crippen molar-refractivity contribution in [1.29, 1.82) is 0 Å². The van der Waals surface area contributed by atoms with Crippen molar-refractivity contribution in [2.45, 2.75) is 13.0 Å². The molecule has 0 aliphatic carbocycles. The number of phenols is 1. The Morgan fingerprint density at radius 1 is 0.852 bits per heavy atom. The fourth-order valence-corrected chi connectivity index (χ4v) is 2.99. The van der Waals surface area contributed by atoms with Crippen LogP contribution >= 0.6 is 0 Å². The standard InChI is InChI=1S/C22H20N4O/c1-15(16-8-3-2-4-9-16)23-21-19-12-5-6-13-20(19)25-22(26-21)24-17-10-7-11-18(27)14-17/h2-15,27H,1H3,(H2,23,24,25,26). The first-order chi connectivity index (χ1) is 13.2. The van der Waals surface area contributed by atoms with E-state index in [0.29, 0.717) is 5.95 Å². The third-order valence-corrected chi connectivity index (χ3v) is 4.36. The molecule has 3 N–H and O–H groups in total. The molecule has 1 aromatic heterocycles. The Hall–Kier alpha value is -3.60. The maximum atomic E-state index is 9.67. The van der Waals surface area contributed by atoms with E-state index in [9.17, 15) is 5.11 Å². The number of fused-ring (bicyclic) bond motifs is 1. The molecule has 0 amide bonds. The number of para-hydroxylation sites is 1. The van der Waals surface area contributed by atoms with Gasteiger partial charge in [-0.2, -0.15) is 4.98 Å². The van der Waals surface area contributed by atoms with Crippen LogP contribution in [0.4, 0.5) is 17.5 Å². The Balaban J connectivity index is 1.70. The molecule has 27 heavy (non-hydrogen) atoms. The lowest BCUT2D eigenvalue weighted by molar-refractivity contribution is 0.475. The first kappa shape index (κ1) is 16.8. The largest absolute Gasteiger partial charge is 0.508 e. The van der Waals surface area contributed by atoms with Crippen LogP contribution in [-0.2, 0) is 0 Å². The quantitative estimate of drug-likeness (QED) is 0.455. The highest BCUT2D eigenvalue weighted by Gasteiger charge is 2.11. The first-order valence-corrected chi connectivity index (χ1v) is 8.83. The van der Waals surface area contributed by atoms with Crippen LogP contribution in [0.1, 0.15) is 18.5 Å². The normalized spacial score (nSPS) is 11.9. The van der Waals surface area contributed by atoms with Gasteiger partial charge in [0.05, 0.1) is 5.52 Å². The summed E-state index contributed by atoms with van der Waals surface area (Å²) in [6.07, 6.45) is 0. The molecule has 4 rings (SSSR count). The second-order valence-electron chi connectivity index (χ2n) is 6.37. The topological polar surface area (TPSA) is 70.1 Å². The molecule has 134 valence electrons. The predicted molar refractivity (Wildman–Crippen MR) is 109 cm³/mol. The Labute approximate surface area is 157 Å². The number of phenolic OH excluding ortho intramolecular Hbond substituents is 1. The molecule has 4 aromatic rings. The third-order valence-electron chi connectivity index (χ3n) is 4.36. The fourth-order valence-electron chi connectivity index (χ4n) is 2.99. The van der Waals surface area contributed by atoms with Gasteiger partial charge in [-0.05, 0) is 36.8 Å². The van der Waals surface area contributed by atoms with Gasteiger partial charge >= 0.3 is 0 Å². The molecule has 0 bridgehead atoms. The maximum Gasteiger partial charge on any atom is 0.229 e. The lowest BCUT2D eigenvalue weighted by atomic mass is 10.1. The second kappa shape index (κ2) is 7.33. The zero-order valence-corrected chi connectivity index (χ0v) is 14.9. The summed E-state index contributed by atoms with van der Waals surface area (Å²) in [4.78, 5) is 9.27. The Kier molecular flexibility index (Phi) is 4.58. The van der Waals surface area contributed by atoms with Crippen molar-refractivity contribution in [3.8, 4) is 5.75 Å². The molecule has 3 aromatic carbocycles. The molecule has 5 nitrogen and oxygen atoms in total. The van der Waals surface area contributed by atoms with Gasteiger partial charge in [0, 0.05) is 23.2 Å². The number of aromatic hydroxyl groups is 1. The van der Waals surface area contributed by atoms with Crippen LogP contribution in [0.15, 0.2) is 78.9 Å². The Morgan fingerprint density at radius 2 is 1.63 bits per heavy atom. The molecule has 0 radical (unpaired) electrons. The highest BCUT2D eigenvalue weighted by Crippen LogP contribution is 2.27. The number of hydrogen-bond donors (Lipinski definition) is 3. The molecule has 1 atom stereocenters. The van der Waals surface area contributed by atoms with Gasteiger partial charge in [0.15, 0.2) is 0 Å². The van der Waals surface area contributed by atoms with Gasteiger partial charge in [0.1, 0.15) is 11.6 Å². The van der Waals surface area contributed by atoms with Crippen molar-refractivity contribution >= 4 is 28.4 Å². The zero-order valence-electron chi connectivity index (χ0n) is 14.9. The van der Waals surface area contributed by atoms with E-state index in [1.807, 2.05) is 48.5 Å². The molecule has 0 saturated heterocycles. The van der Waals surface area contributed by atoms with Crippen LogP contribution < -0.4 is 10.6 Å². The SMILES string of the molecule is CC(Nc1nc(Nc2cccc(O)c2)nc2ccccc12)c1ccccc1. The average molecular weight is 356 g/mol. The van der Waals surface area contributed by atoms with E-state index in [-0.39, 0.29) is 11.8 Å². The molecule has 1 unspecified atom stereocenters. The lowest BCUT2D eigenvalue weighted by Crippen LogP contribution is -2.10. The molecule has 0 spiro atoms. The summed E-state index contributed by atoms with van der Waals surface area (Å²) >= 11 is 0. The van der Waals surface area contributed by atoms with E-state index in [0.717, 1.165) is 22.4 Å². The number of hydrogen-bond acceptors (Lipinski definition) is 5. The molecule has 0 saturated carbocycles. The van der Waals surface area contributed by atoms with Crippen LogP contribution in [0.3, 0.4) is 0 Å². The van der Waals surface area contributed by atoms with Crippen molar-refractivity contribution < 1.29 is 5.11 Å². The second-order valence-corrected chi connectivity index (χ2v) is 6.37. The van der Waals surface area contributed by atoms with E-state index < -0.39 is 0 Å². The zero-order chi connectivity index (χ0) is 18.6. The van der Waals surface area contributed by atoms with E-state index >= 15 is 0 Å². The van der Waals surface area contributed by atoms with Crippen molar-refractivity contribution in [2.24, 2.45) is 0 Å². The number of benzene rings is 3. The van der Waals surface area contributed by atoms with Gasteiger partial charge in [0.25, 0.3) is 0 Å². The molecule has 1 heterocycles. The average Bonchev–Trinajstić information content (AvgIpc) is 2.69. The van der Waals surface area contributed by atoms with Crippen molar-refractivity contribution in [3.05, 3.63) is 84.4 Å². The van der Waals surface area contributed by atoms with Gasteiger partial charge < -0.3 is 15.7 Å². The summed E-state index contributed by atoms with van der Waals surface area (Å²) < 4.78 is 0. The van der Waals surface area contributed by atoms with Gasteiger partial charge in [0.2, 0.25) is 5.95 Å². The highest BCUT2D eigenvalue weighted by atomic mass is 16.3.